The summed E-state index contributed by atoms with van der Waals surface area (Å²) >= 11 is 1.46. The maximum atomic E-state index is 12.7. The second-order valence-electron chi connectivity index (χ2n) is 2.21. The van der Waals surface area contributed by atoms with Gasteiger partial charge >= 0.3 is 20.9 Å². The summed E-state index contributed by atoms with van der Waals surface area (Å²) in [7, 11) is 0. The van der Waals surface area contributed by atoms with E-state index in [9.17, 15) is 35.1 Å². The average Bonchev–Trinajstić information content (AvgIpc) is 1.98. The van der Waals surface area contributed by atoms with Crippen LogP contribution in [-0.2, 0) is 4.74 Å². The summed E-state index contributed by atoms with van der Waals surface area (Å²) in [5.74, 6) is -3.45. The quantitative estimate of drug-likeness (QED) is 0.353. The Hall–Kier alpha value is 0.350. The molecule has 0 bridgehead atoms. The molecule has 11 heteroatoms. The van der Waals surface area contributed by atoms with E-state index < -0.39 is 26.7 Å². The highest BCUT2D eigenvalue weighted by Crippen LogP contribution is 2.48. The lowest BCUT2D eigenvalue weighted by Crippen LogP contribution is -2.42. The van der Waals surface area contributed by atoms with Crippen molar-refractivity contribution in [2.75, 3.05) is 0 Å². The molecule has 1 atom stereocenters. The van der Waals surface area contributed by atoms with Crippen LogP contribution in [0.3, 0.4) is 0 Å². The minimum atomic E-state index is -5.52. The highest BCUT2D eigenvalue weighted by Gasteiger charge is 2.60. The van der Waals surface area contributed by atoms with E-state index >= 15 is 0 Å². The van der Waals surface area contributed by atoms with Crippen molar-refractivity contribution >= 4 is 38.5 Å². The van der Waals surface area contributed by atoms with E-state index in [1.54, 1.807) is 0 Å². The molecule has 0 aromatic carbocycles. The first-order valence-corrected chi connectivity index (χ1v) is 4.92. The van der Waals surface area contributed by atoms with E-state index in [2.05, 4.69) is 4.74 Å². The van der Waals surface area contributed by atoms with Crippen LogP contribution in [0.5, 0.6) is 0 Å². The molecule has 0 saturated heterocycles. The third kappa shape index (κ3) is 3.98. The first-order chi connectivity index (χ1) is 6.81. The molecule has 0 aromatic heterocycles. The lowest BCUT2D eigenvalue weighted by atomic mass is 10.5. The second-order valence-corrected chi connectivity index (χ2v) is 4.58. The SMILES string of the molecule is FC(F)=C(F)C(F)(F)OC(F)(Br)C(F)(F)I. The van der Waals surface area contributed by atoms with Crippen LogP contribution in [0.4, 0.5) is 35.1 Å². The molecule has 0 aliphatic heterocycles. The van der Waals surface area contributed by atoms with E-state index in [4.69, 9.17) is 0 Å². The number of hydrogen-bond donors (Lipinski definition) is 0. The number of alkyl halides is 7. The summed E-state index contributed by atoms with van der Waals surface area (Å²) in [4.78, 5) is 0. The molecule has 0 radical (unpaired) electrons. The molecule has 0 saturated carbocycles. The van der Waals surface area contributed by atoms with Crippen LogP contribution in [0.15, 0.2) is 11.9 Å². The first-order valence-electron chi connectivity index (χ1n) is 3.05. The summed E-state index contributed by atoms with van der Waals surface area (Å²) in [5.41, 5.74) is 0. The van der Waals surface area contributed by atoms with Crippen molar-refractivity contribution in [1.82, 2.24) is 0 Å². The van der Waals surface area contributed by atoms with Crippen molar-refractivity contribution in [1.29, 1.82) is 0 Å². The van der Waals surface area contributed by atoms with Crippen molar-refractivity contribution in [3.63, 3.8) is 0 Å². The molecule has 16 heavy (non-hydrogen) atoms. The first kappa shape index (κ1) is 16.4. The van der Waals surface area contributed by atoms with Gasteiger partial charge in [0.25, 0.3) is 5.83 Å². The standard InChI is InChI=1S/C5BrF8IO/c6-4(12,5(13,14)15)16-3(10,11)1(7)2(8)9. The van der Waals surface area contributed by atoms with Gasteiger partial charge in [0.15, 0.2) is 0 Å². The molecular formula is C5BrF8IO. The third-order valence-corrected chi connectivity index (χ3v) is 3.10. The zero-order valence-electron chi connectivity index (χ0n) is 6.69. The number of hydrogen-bond acceptors (Lipinski definition) is 1. The third-order valence-electron chi connectivity index (χ3n) is 1.01. The Morgan fingerprint density at radius 2 is 1.38 bits per heavy atom. The van der Waals surface area contributed by atoms with Gasteiger partial charge in [0.1, 0.15) is 0 Å². The van der Waals surface area contributed by atoms with Gasteiger partial charge in [0.2, 0.25) is 0 Å². The van der Waals surface area contributed by atoms with Crippen LogP contribution >= 0.6 is 38.5 Å². The fourth-order valence-corrected chi connectivity index (χ4v) is 0.687. The molecule has 1 nitrogen and oxygen atoms in total. The normalized spacial score (nSPS) is 16.9. The summed E-state index contributed by atoms with van der Waals surface area (Å²) in [5, 5.41) is 0. The van der Waals surface area contributed by atoms with E-state index in [1.807, 2.05) is 0 Å². The predicted octanol–water partition coefficient (Wildman–Crippen LogP) is 4.72. The molecule has 96 valence electrons. The highest BCUT2D eigenvalue weighted by atomic mass is 127. The van der Waals surface area contributed by atoms with Gasteiger partial charge in [-0.15, -0.1) is 0 Å². The fourth-order valence-electron chi connectivity index (χ4n) is 0.374. The Kier molecular flexibility index (Phi) is 5.03. The van der Waals surface area contributed by atoms with Gasteiger partial charge in [-0.25, -0.2) is 0 Å². The number of halogens is 10. The van der Waals surface area contributed by atoms with Crippen molar-refractivity contribution in [2.24, 2.45) is 0 Å². The summed E-state index contributed by atoms with van der Waals surface area (Å²) in [6.45, 7) is 0. The maximum Gasteiger partial charge on any atom is 0.418 e. The Labute approximate surface area is 105 Å². The van der Waals surface area contributed by atoms with E-state index in [1.165, 1.54) is 15.9 Å². The summed E-state index contributed by atoms with van der Waals surface area (Å²) in [6, 6.07) is 0. The highest BCUT2D eigenvalue weighted by molar-refractivity contribution is 14.1. The fraction of sp³-hybridized carbons (Fsp3) is 0.600. The molecule has 0 N–H and O–H groups in total. The zero-order valence-corrected chi connectivity index (χ0v) is 10.4. The maximum absolute atomic E-state index is 12.7. The minimum absolute atomic E-state index is 0.0606. The molecule has 0 rings (SSSR count). The molecule has 0 aliphatic carbocycles. The molecule has 0 aliphatic rings. The van der Waals surface area contributed by atoms with Gasteiger partial charge in [0, 0.05) is 22.6 Å². The average molecular weight is 435 g/mol. The van der Waals surface area contributed by atoms with Crippen LogP contribution in [0, 0.1) is 0 Å². The lowest BCUT2D eigenvalue weighted by molar-refractivity contribution is -0.312. The van der Waals surface area contributed by atoms with E-state index in [0.29, 0.717) is 0 Å². The van der Waals surface area contributed by atoms with E-state index in [-0.39, 0.29) is 22.6 Å². The molecular weight excluding hydrogens is 435 g/mol. The summed E-state index contributed by atoms with van der Waals surface area (Å²) < 4.78 is 90.5. The van der Waals surface area contributed by atoms with Gasteiger partial charge in [-0.05, 0) is 15.9 Å². The molecule has 0 fully saturated rings. The van der Waals surface area contributed by atoms with Crippen LogP contribution in [-0.4, -0.2) is 14.8 Å². The lowest BCUT2D eigenvalue weighted by Gasteiger charge is -2.27. The Morgan fingerprint density at radius 3 is 1.62 bits per heavy atom. The van der Waals surface area contributed by atoms with Crippen LogP contribution in [0.25, 0.3) is 0 Å². The van der Waals surface area contributed by atoms with Gasteiger partial charge in [0.05, 0.1) is 0 Å². The molecule has 0 aromatic rings. The van der Waals surface area contributed by atoms with Crippen LogP contribution in [0.1, 0.15) is 0 Å². The van der Waals surface area contributed by atoms with Gasteiger partial charge in [-0.2, -0.15) is 35.1 Å². The van der Waals surface area contributed by atoms with Gasteiger partial charge in [-0.3, -0.25) is 4.74 Å². The molecule has 0 heterocycles. The predicted molar refractivity (Wildman–Crippen MR) is 48.1 cm³/mol. The molecule has 1 unspecified atom stereocenters. The van der Waals surface area contributed by atoms with Crippen molar-refractivity contribution in [3.8, 4) is 0 Å². The summed E-state index contributed by atoms with van der Waals surface area (Å²) in [6.07, 6.45) is -9.03. The number of ether oxygens (including phenoxy) is 1. The Morgan fingerprint density at radius 1 is 1.00 bits per heavy atom. The van der Waals surface area contributed by atoms with Crippen molar-refractivity contribution in [2.45, 2.75) is 14.8 Å². The monoisotopic (exact) mass is 434 g/mol. The zero-order chi connectivity index (χ0) is 13.4. The van der Waals surface area contributed by atoms with Crippen LogP contribution in [0.2, 0.25) is 0 Å². The van der Waals surface area contributed by atoms with Gasteiger partial charge < -0.3 is 0 Å². The van der Waals surface area contributed by atoms with Crippen molar-refractivity contribution in [3.05, 3.63) is 11.9 Å². The van der Waals surface area contributed by atoms with Crippen molar-refractivity contribution < 1.29 is 39.9 Å². The topological polar surface area (TPSA) is 9.23 Å². The number of rotatable bonds is 4. The Bertz CT molecular complexity index is 293. The van der Waals surface area contributed by atoms with Crippen LogP contribution < -0.4 is 0 Å². The molecule has 0 spiro atoms. The second kappa shape index (κ2) is 4.92. The largest absolute Gasteiger partial charge is 0.418 e. The molecule has 0 amide bonds. The minimum Gasteiger partial charge on any atom is -0.261 e. The Balaban J connectivity index is 5.07. The van der Waals surface area contributed by atoms with Gasteiger partial charge in [-0.1, -0.05) is 0 Å². The van der Waals surface area contributed by atoms with E-state index in [0.717, 1.165) is 0 Å². The smallest absolute Gasteiger partial charge is 0.261 e.